The van der Waals surface area contributed by atoms with Gasteiger partial charge in [0.05, 0.1) is 0 Å². The van der Waals surface area contributed by atoms with Gasteiger partial charge in [-0.3, -0.25) is 4.79 Å². The number of aromatic nitrogens is 3. The Balaban J connectivity index is 1.72. The molecule has 8 heteroatoms. The SMILES string of the molecule is NC(=O)C1CCN(c2nnc(-c3ccc(F)cc3)c(-c3ccc(F)cc3)n2)CC1. The average molecular weight is 395 g/mol. The highest BCUT2D eigenvalue weighted by Gasteiger charge is 2.25. The van der Waals surface area contributed by atoms with Gasteiger partial charge in [-0.1, -0.05) is 0 Å². The van der Waals surface area contributed by atoms with Gasteiger partial charge in [-0.25, -0.2) is 13.8 Å². The number of hydrogen-bond acceptors (Lipinski definition) is 5. The molecular formula is C21H19F2N5O. The van der Waals surface area contributed by atoms with E-state index in [9.17, 15) is 13.6 Å². The van der Waals surface area contributed by atoms with Crippen molar-refractivity contribution < 1.29 is 13.6 Å². The molecule has 2 N–H and O–H groups in total. The van der Waals surface area contributed by atoms with Crippen LogP contribution in [0.1, 0.15) is 12.8 Å². The molecule has 29 heavy (non-hydrogen) atoms. The maximum Gasteiger partial charge on any atom is 0.245 e. The summed E-state index contributed by atoms with van der Waals surface area (Å²) >= 11 is 0. The van der Waals surface area contributed by atoms with Gasteiger partial charge in [0, 0.05) is 30.1 Å². The minimum atomic E-state index is -0.355. The summed E-state index contributed by atoms with van der Waals surface area (Å²) in [6.07, 6.45) is 1.26. The number of nitrogens with zero attached hydrogens (tertiary/aromatic N) is 4. The molecule has 1 amide bonds. The molecule has 1 saturated heterocycles. The predicted octanol–water partition coefficient (Wildman–Crippen LogP) is 3.19. The van der Waals surface area contributed by atoms with Crippen LogP contribution < -0.4 is 10.6 Å². The van der Waals surface area contributed by atoms with Gasteiger partial charge in [-0.2, -0.15) is 0 Å². The number of primary amides is 1. The van der Waals surface area contributed by atoms with E-state index in [2.05, 4.69) is 15.2 Å². The Morgan fingerprint density at radius 2 is 1.38 bits per heavy atom. The zero-order valence-corrected chi connectivity index (χ0v) is 15.6. The molecule has 1 aliphatic rings. The number of benzene rings is 2. The van der Waals surface area contributed by atoms with Crippen LogP contribution in [0.3, 0.4) is 0 Å². The minimum Gasteiger partial charge on any atom is -0.369 e. The quantitative estimate of drug-likeness (QED) is 0.733. The standard InChI is InChI=1S/C21H19F2N5O/c22-16-5-1-13(2-6-16)18-19(14-3-7-17(23)8-4-14)26-27-21(25-18)28-11-9-15(10-12-28)20(24)29/h1-8,15H,9-12H2,(H2,24,29). The lowest BCUT2D eigenvalue weighted by atomic mass is 9.96. The van der Waals surface area contributed by atoms with Crippen molar-refractivity contribution in [1.29, 1.82) is 0 Å². The Morgan fingerprint density at radius 3 is 1.90 bits per heavy atom. The number of rotatable bonds is 4. The number of nitrogens with two attached hydrogens (primary N) is 1. The van der Waals surface area contributed by atoms with Crippen molar-refractivity contribution >= 4 is 11.9 Å². The number of anilines is 1. The largest absolute Gasteiger partial charge is 0.369 e. The fraction of sp³-hybridized carbons (Fsp3) is 0.238. The van der Waals surface area contributed by atoms with Gasteiger partial charge in [0.1, 0.15) is 23.0 Å². The molecule has 148 valence electrons. The first-order valence-electron chi connectivity index (χ1n) is 9.32. The van der Waals surface area contributed by atoms with Crippen molar-refractivity contribution in [3.8, 4) is 22.5 Å². The number of piperidine rings is 1. The highest BCUT2D eigenvalue weighted by atomic mass is 19.1. The van der Waals surface area contributed by atoms with Gasteiger partial charge >= 0.3 is 0 Å². The van der Waals surface area contributed by atoms with Crippen molar-refractivity contribution in [1.82, 2.24) is 15.2 Å². The summed E-state index contributed by atoms with van der Waals surface area (Å²) in [6, 6.07) is 11.8. The van der Waals surface area contributed by atoms with Crippen LogP contribution in [0.25, 0.3) is 22.5 Å². The predicted molar refractivity (Wildman–Crippen MR) is 105 cm³/mol. The van der Waals surface area contributed by atoms with Crippen molar-refractivity contribution in [3.63, 3.8) is 0 Å². The van der Waals surface area contributed by atoms with Crippen LogP contribution in [0.4, 0.5) is 14.7 Å². The Morgan fingerprint density at radius 1 is 0.862 bits per heavy atom. The number of carbonyl (C=O) groups excluding carboxylic acids is 1. The molecule has 3 aromatic rings. The Labute approximate surface area is 166 Å². The monoisotopic (exact) mass is 395 g/mol. The van der Waals surface area contributed by atoms with E-state index in [1.165, 1.54) is 24.3 Å². The van der Waals surface area contributed by atoms with Crippen LogP contribution in [-0.2, 0) is 4.79 Å². The third-order valence-corrected chi connectivity index (χ3v) is 5.09. The molecule has 2 heterocycles. The lowest BCUT2D eigenvalue weighted by Crippen LogP contribution is -2.39. The summed E-state index contributed by atoms with van der Waals surface area (Å²) < 4.78 is 26.7. The van der Waals surface area contributed by atoms with E-state index < -0.39 is 0 Å². The summed E-state index contributed by atoms with van der Waals surface area (Å²) in [6.45, 7) is 1.18. The number of amides is 1. The van der Waals surface area contributed by atoms with Crippen LogP contribution in [0.2, 0.25) is 0 Å². The lowest BCUT2D eigenvalue weighted by Gasteiger charge is -2.30. The normalized spacial score (nSPS) is 14.8. The zero-order valence-electron chi connectivity index (χ0n) is 15.6. The number of carbonyl (C=O) groups is 1. The van der Waals surface area contributed by atoms with Crippen molar-refractivity contribution in [2.45, 2.75) is 12.8 Å². The molecule has 0 radical (unpaired) electrons. The van der Waals surface area contributed by atoms with Gasteiger partial charge in [0.15, 0.2) is 0 Å². The van der Waals surface area contributed by atoms with E-state index in [0.29, 0.717) is 54.4 Å². The van der Waals surface area contributed by atoms with Gasteiger partial charge in [-0.15, -0.1) is 10.2 Å². The average Bonchev–Trinajstić information content (AvgIpc) is 2.75. The van der Waals surface area contributed by atoms with Gasteiger partial charge in [-0.05, 0) is 61.4 Å². The zero-order chi connectivity index (χ0) is 20.4. The van der Waals surface area contributed by atoms with Crippen molar-refractivity contribution in [2.24, 2.45) is 11.7 Å². The summed E-state index contributed by atoms with van der Waals surface area (Å²) in [7, 11) is 0. The highest BCUT2D eigenvalue weighted by molar-refractivity contribution is 5.78. The molecule has 0 saturated carbocycles. The second-order valence-corrected chi connectivity index (χ2v) is 6.99. The van der Waals surface area contributed by atoms with E-state index in [1.54, 1.807) is 24.3 Å². The molecule has 0 unspecified atom stereocenters. The van der Waals surface area contributed by atoms with Crippen LogP contribution in [0, 0.1) is 17.6 Å². The summed E-state index contributed by atoms with van der Waals surface area (Å²) in [5.41, 5.74) is 7.74. The first kappa shape index (κ1) is 18.9. The molecule has 4 rings (SSSR count). The molecule has 1 aromatic heterocycles. The third kappa shape index (κ3) is 4.06. The molecular weight excluding hydrogens is 376 g/mol. The minimum absolute atomic E-state index is 0.144. The summed E-state index contributed by atoms with van der Waals surface area (Å²) in [4.78, 5) is 18.0. The molecule has 0 aliphatic carbocycles. The van der Waals surface area contributed by atoms with Crippen LogP contribution in [0.15, 0.2) is 48.5 Å². The fourth-order valence-electron chi connectivity index (χ4n) is 3.43. The van der Waals surface area contributed by atoms with Gasteiger partial charge in [0.2, 0.25) is 11.9 Å². The summed E-state index contributed by atoms with van der Waals surface area (Å²) in [5, 5.41) is 8.60. The van der Waals surface area contributed by atoms with Crippen molar-refractivity contribution in [3.05, 3.63) is 60.2 Å². The van der Waals surface area contributed by atoms with E-state index >= 15 is 0 Å². The number of hydrogen-bond donors (Lipinski definition) is 1. The maximum atomic E-state index is 13.4. The third-order valence-electron chi connectivity index (χ3n) is 5.09. The van der Waals surface area contributed by atoms with Gasteiger partial charge < -0.3 is 10.6 Å². The highest BCUT2D eigenvalue weighted by Crippen LogP contribution is 2.31. The molecule has 0 spiro atoms. The van der Waals surface area contributed by atoms with E-state index in [0.717, 1.165) is 0 Å². The van der Waals surface area contributed by atoms with E-state index in [1.807, 2.05) is 4.90 Å². The van der Waals surface area contributed by atoms with Crippen molar-refractivity contribution in [2.75, 3.05) is 18.0 Å². The molecule has 6 nitrogen and oxygen atoms in total. The van der Waals surface area contributed by atoms with Crippen LogP contribution >= 0.6 is 0 Å². The van der Waals surface area contributed by atoms with E-state index in [-0.39, 0.29) is 23.5 Å². The molecule has 0 bridgehead atoms. The first-order chi connectivity index (χ1) is 14.0. The van der Waals surface area contributed by atoms with Crippen LogP contribution in [-0.4, -0.2) is 34.2 Å². The van der Waals surface area contributed by atoms with Crippen LogP contribution in [0.5, 0.6) is 0 Å². The number of halogens is 2. The smallest absolute Gasteiger partial charge is 0.245 e. The molecule has 2 aromatic carbocycles. The maximum absolute atomic E-state index is 13.4. The first-order valence-corrected chi connectivity index (χ1v) is 9.32. The Hall–Kier alpha value is -3.42. The summed E-state index contributed by atoms with van der Waals surface area (Å²) in [5.74, 6) is -0.713. The fourth-order valence-corrected chi connectivity index (χ4v) is 3.43. The molecule has 0 atom stereocenters. The second-order valence-electron chi connectivity index (χ2n) is 6.99. The second kappa shape index (κ2) is 7.90. The Kier molecular flexibility index (Phi) is 5.16. The molecule has 1 aliphatic heterocycles. The topological polar surface area (TPSA) is 85.0 Å². The Bertz CT molecular complexity index is 1020. The lowest BCUT2D eigenvalue weighted by molar-refractivity contribution is -0.122. The van der Waals surface area contributed by atoms with Gasteiger partial charge in [0.25, 0.3) is 0 Å². The van der Waals surface area contributed by atoms with E-state index in [4.69, 9.17) is 5.73 Å². The molecule has 1 fully saturated rings.